The summed E-state index contributed by atoms with van der Waals surface area (Å²) in [6.45, 7) is 2.89. The fourth-order valence-corrected chi connectivity index (χ4v) is 4.74. The molecule has 0 aliphatic carbocycles. The minimum atomic E-state index is -0.518. The molecule has 192 valence electrons. The number of rotatable bonds is 8. The first-order valence-electron chi connectivity index (χ1n) is 11.7. The molecular formula is C27H26FN3O4S2. The van der Waals surface area contributed by atoms with Crippen LogP contribution in [-0.4, -0.2) is 53.9 Å². The van der Waals surface area contributed by atoms with Gasteiger partial charge in [-0.2, -0.15) is 0 Å². The lowest BCUT2D eigenvalue weighted by Gasteiger charge is -2.28. The van der Waals surface area contributed by atoms with Gasteiger partial charge in [-0.25, -0.2) is 4.39 Å². The molecule has 4 rings (SSSR count). The van der Waals surface area contributed by atoms with Crippen LogP contribution in [0.3, 0.4) is 0 Å². The van der Waals surface area contributed by atoms with E-state index in [-0.39, 0.29) is 18.1 Å². The normalized spacial score (nSPS) is 13.8. The number of nitrogens with one attached hydrogen (secondary N) is 2. The van der Waals surface area contributed by atoms with Gasteiger partial charge in [0.25, 0.3) is 11.8 Å². The Morgan fingerprint density at radius 1 is 1.03 bits per heavy atom. The minimum absolute atomic E-state index is 0.00374. The molecule has 10 heteroatoms. The molecule has 1 saturated heterocycles. The molecule has 0 unspecified atom stereocenters. The maximum absolute atomic E-state index is 13.9. The lowest BCUT2D eigenvalue weighted by Crippen LogP contribution is -2.38. The third-order valence-electron chi connectivity index (χ3n) is 5.51. The van der Waals surface area contributed by atoms with Crippen LogP contribution in [0.2, 0.25) is 0 Å². The highest BCUT2D eigenvalue weighted by molar-refractivity contribution is 8.22. The Labute approximate surface area is 224 Å². The number of hydrogen-bond acceptors (Lipinski definition) is 6. The number of halogens is 1. The number of benzene rings is 2. The summed E-state index contributed by atoms with van der Waals surface area (Å²) < 4.78 is 25.8. The van der Waals surface area contributed by atoms with E-state index in [2.05, 4.69) is 15.5 Å². The summed E-state index contributed by atoms with van der Waals surface area (Å²) in [5, 5.41) is 5.97. The topological polar surface area (TPSA) is 83.8 Å². The standard InChI is InChI=1S/C27H26FN3O4S2/c28-22-9-5-4-6-19(22)12-13-29-26(33)23(30-25(32)20-7-2-1-3-8-20)18-21-10-11-24(35-21)37-27(36)31-14-16-34-17-15-31/h1-11,18H,12-17H2,(H,29,33)(H,30,32). The number of furan rings is 1. The molecule has 2 heterocycles. The maximum Gasteiger partial charge on any atom is 0.267 e. The van der Waals surface area contributed by atoms with E-state index in [1.807, 2.05) is 0 Å². The Hall–Kier alpha value is -3.47. The molecule has 2 aromatic carbocycles. The van der Waals surface area contributed by atoms with Crippen LogP contribution in [0, 0.1) is 5.82 Å². The summed E-state index contributed by atoms with van der Waals surface area (Å²) >= 11 is 6.83. The van der Waals surface area contributed by atoms with Crippen molar-refractivity contribution in [3.63, 3.8) is 0 Å². The molecule has 2 N–H and O–H groups in total. The number of ether oxygens (including phenoxy) is 1. The highest BCUT2D eigenvalue weighted by Crippen LogP contribution is 2.25. The molecule has 0 bridgehead atoms. The summed E-state index contributed by atoms with van der Waals surface area (Å²) in [5.41, 5.74) is 0.897. The zero-order valence-electron chi connectivity index (χ0n) is 19.9. The molecule has 37 heavy (non-hydrogen) atoms. The lowest BCUT2D eigenvalue weighted by atomic mass is 10.1. The zero-order valence-corrected chi connectivity index (χ0v) is 21.6. The molecule has 0 saturated carbocycles. The smallest absolute Gasteiger partial charge is 0.267 e. The number of carbonyl (C=O) groups is 2. The van der Waals surface area contributed by atoms with E-state index in [1.54, 1.807) is 60.7 Å². The first kappa shape index (κ1) is 26.6. The van der Waals surface area contributed by atoms with Crippen molar-refractivity contribution in [3.8, 4) is 0 Å². The summed E-state index contributed by atoms with van der Waals surface area (Å²) in [5.74, 6) is -0.916. The Morgan fingerprint density at radius 3 is 2.51 bits per heavy atom. The van der Waals surface area contributed by atoms with Crippen molar-refractivity contribution in [3.05, 3.63) is 95.1 Å². The Bertz CT molecular complexity index is 1270. The van der Waals surface area contributed by atoms with Crippen molar-refractivity contribution in [1.82, 2.24) is 15.5 Å². The van der Waals surface area contributed by atoms with Crippen molar-refractivity contribution in [1.29, 1.82) is 0 Å². The largest absolute Gasteiger partial charge is 0.450 e. The van der Waals surface area contributed by atoms with Crippen molar-refractivity contribution in [2.24, 2.45) is 0 Å². The monoisotopic (exact) mass is 539 g/mol. The molecule has 3 aromatic rings. The van der Waals surface area contributed by atoms with Gasteiger partial charge in [-0.05, 0) is 54.1 Å². The van der Waals surface area contributed by atoms with E-state index < -0.39 is 11.8 Å². The molecule has 1 fully saturated rings. The number of morpholine rings is 1. The van der Waals surface area contributed by atoms with Crippen LogP contribution in [0.4, 0.5) is 4.39 Å². The van der Waals surface area contributed by atoms with Crippen molar-refractivity contribution >= 4 is 46.2 Å². The van der Waals surface area contributed by atoms with Gasteiger partial charge >= 0.3 is 0 Å². The second-order valence-electron chi connectivity index (χ2n) is 8.10. The molecule has 1 aliphatic rings. The number of thioether (sulfide) groups is 1. The predicted molar refractivity (Wildman–Crippen MR) is 145 cm³/mol. The number of nitrogens with zero attached hydrogens (tertiary/aromatic N) is 1. The van der Waals surface area contributed by atoms with Gasteiger partial charge in [-0.1, -0.05) is 48.6 Å². The zero-order chi connectivity index (χ0) is 26.0. The maximum atomic E-state index is 13.9. The van der Waals surface area contributed by atoms with E-state index >= 15 is 0 Å². The molecule has 0 atom stereocenters. The summed E-state index contributed by atoms with van der Waals surface area (Å²) in [6, 6.07) is 18.4. The highest BCUT2D eigenvalue weighted by atomic mass is 32.2. The van der Waals surface area contributed by atoms with Crippen LogP contribution in [0.25, 0.3) is 6.08 Å². The summed E-state index contributed by atoms with van der Waals surface area (Å²) in [7, 11) is 0. The molecule has 0 radical (unpaired) electrons. The lowest BCUT2D eigenvalue weighted by molar-refractivity contribution is -0.117. The van der Waals surface area contributed by atoms with Crippen LogP contribution < -0.4 is 10.6 Å². The van der Waals surface area contributed by atoms with Crippen molar-refractivity contribution in [2.75, 3.05) is 32.8 Å². The second kappa shape index (κ2) is 13.2. The second-order valence-corrected chi connectivity index (χ2v) is 9.74. The fraction of sp³-hybridized carbons (Fsp3) is 0.222. The number of carbonyl (C=O) groups excluding carboxylic acids is 2. The summed E-state index contributed by atoms with van der Waals surface area (Å²) in [6.07, 6.45) is 1.76. The van der Waals surface area contributed by atoms with Gasteiger partial charge in [0.05, 0.1) is 13.2 Å². The molecule has 0 spiro atoms. The number of amides is 2. The van der Waals surface area contributed by atoms with Gasteiger partial charge in [0.2, 0.25) is 0 Å². The van der Waals surface area contributed by atoms with Gasteiger partial charge < -0.3 is 24.7 Å². The van der Waals surface area contributed by atoms with Crippen LogP contribution in [-0.2, 0) is 16.0 Å². The van der Waals surface area contributed by atoms with Crippen LogP contribution in [0.15, 0.2) is 81.9 Å². The third kappa shape index (κ3) is 7.75. The highest BCUT2D eigenvalue weighted by Gasteiger charge is 2.18. The molecule has 7 nitrogen and oxygen atoms in total. The van der Waals surface area contributed by atoms with E-state index in [9.17, 15) is 14.0 Å². The van der Waals surface area contributed by atoms with Crippen LogP contribution in [0.5, 0.6) is 0 Å². The average Bonchev–Trinajstić information content (AvgIpc) is 3.36. The Morgan fingerprint density at radius 2 is 1.76 bits per heavy atom. The first-order valence-corrected chi connectivity index (χ1v) is 13.0. The van der Waals surface area contributed by atoms with Gasteiger partial charge in [-0.3, -0.25) is 9.59 Å². The minimum Gasteiger partial charge on any atom is -0.450 e. The number of hydrogen-bond donors (Lipinski definition) is 2. The van der Waals surface area contributed by atoms with Gasteiger partial charge in [0.15, 0.2) is 5.09 Å². The molecule has 2 amide bonds. The molecule has 1 aliphatic heterocycles. The Balaban J connectivity index is 1.46. The van der Waals surface area contributed by atoms with Gasteiger partial charge in [-0.15, -0.1) is 0 Å². The number of thiocarbonyl (C=S) groups is 1. The van der Waals surface area contributed by atoms with E-state index in [4.69, 9.17) is 21.4 Å². The predicted octanol–water partition coefficient (Wildman–Crippen LogP) is 4.26. The quantitative estimate of drug-likeness (QED) is 0.252. The summed E-state index contributed by atoms with van der Waals surface area (Å²) in [4.78, 5) is 27.8. The van der Waals surface area contributed by atoms with E-state index in [1.165, 1.54) is 23.9 Å². The van der Waals surface area contributed by atoms with Crippen molar-refractivity contribution < 1.29 is 23.1 Å². The van der Waals surface area contributed by atoms with E-state index in [0.717, 1.165) is 13.1 Å². The van der Waals surface area contributed by atoms with Gasteiger partial charge in [0.1, 0.15) is 21.6 Å². The SMILES string of the molecule is O=C(NCCc1ccccc1F)C(=Cc1ccc(SC(=S)N2CCOCC2)o1)NC(=O)c1ccccc1. The third-order valence-corrected chi connectivity index (χ3v) is 6.87. The van der Waals surface area contributed by atoms with Crippen LogP contribution >= 0.6 is 24.0 Å². The van der Waals surface area contributed by atoms with Gasteiger partial charge in [0, 0.05) is 31.3 Å². The fourth-order valence-electron chi connectivity index (χ4n) is 3.56. The Kier molecular flexibility index (Phi) is 9.47. The van der Waals surface area contributed by atoms with E-state index in [0.29, 0.717) is 45.9 Å². The molecule has 1 aromatic heterocycles. The molecular weight excluding hydrogens is 513 g/mol. The van der Waals surface area contributed by atoms with Crippen molar-refractivity contribution in [2.45, 2.75) is 11.5 Å². The average molecular weight is 540 g/mol. The van der Waals surface area contributed by atoms with Crippen LogP contribution in [0.1, 0.15) is 21.7 Å². The first-order chi connectivity index (χ1) is 18.0.